The lowest BCUT2D eigenvalue weighted by molar-refractivity contribution is -0.0777. The Kier molecular flexibility index (Phi) is 11.8. The van der Waals surface area contributed by atoms with Gasteiger partial charge in [0.2, 0.25) is 23.6 Å². The molecule has 1 unspecified atom stereocenters. The van der Waals surface area contributed by atoms with E-state index in [4.69, 9.17) is 29.8 Å². The summed E-state index contributed by atoms with van der Waals surface area (Å²) >= 11 is 0. The lowest BCUT2D eigenvalue weighted by atomic mass is 10.0. The zero-order valence-electron chi connectivity index (χ0n) is 32.1. The highest BCUT2D eigenvalue weighted by atomic mass is 16.5. The molecule has 1 atom stereocenters. The number of amides is 3. The number of nitrogens with one attached hydrogen (secondary N) is 3. The summed E-state index contributed by atoms with van der Waals surface area (Å²) in [6, 6.07) is 23.0. The number of urea groups is 1. The number of hydrogen-bond donors (Lipinski definition) is 4. The van der Waals surface area contributed by atoms with E-state index in [0.717, 1.165) is 35.1 Å². The summed E-state index contributed by atoms with van der Waals surface area (Å²) in [6.07, 6.45) is 3.53. The fourth-order valence-corrected chi connectivity index (χ4v) is 6.48. The highest BCUT2D eigenvalue weighted by Gasteiger charge is 2.22. The maximum Gasteiger partial charge on any atom is 0.324 e. The van der Waals surface area contributed by atoms with E-state index in [2.05, 4.69) is 35.8 Å². The number of pyridine rings is 1. The second-order valence-corrected chi connectivity index (χ2v) is 13.6. The van der Waals surface area contributed by atoms with Crippen molar-refractivity contribution in [3.63, 3.8) is 0 Å². The molecular formula is C41H44N10O6. The highest BCUT2D eigenvalue weighted by Crippen LogP contribution is 2.35. The monoisotopic (exact) mass is 772 g/mol. The van der Waals surface area contributed by atoms with Gasteiger partial charge in [-0.3, -0.25) is 15.0 Å². The molecule has 4 heterocycles. The third kappa shape index (κ3) is 9.27. The van der Waals surface area contributed by atoms with E-state index in [-0.39, 0.29) is 24.0 Å². The molecule has 0 spiro atoms. The molecule has 1 aliphatic heterocycles. The predicted molar refractivity (Wildman–Crippen MR) is 216 cm³/mol. The van der Waals surface area contributed by atoms with Crippen molar-refractivity contribution < 1.29 is 28.5 Å². The fraction of sp³-hybridized carbons (Fsp3) is 0.268. The Morgan fingerprint density at radius 3 is 2.44 bits per heavy atom. The zero-order chi connectivity index (χ0) is 39.9. The quantitative estimate of drug-likeness (QED) is 0.0945. The second kappa shape index (κ2) is 17.5. The molecule has 57 heavy (non-hydrogen) atoms. The van der Waals surface area contributed by atoms with Crippen LogP contribution in [-0.4, -0.2) is 88.3 Å². The molecule has 16 nitrogen and oxygen atoms in total. The minimum Gasteiger partial charge on any atom is -0.481 e. The molecule has 294 valence electrons. The first kappa shape index (κ1) is 38.6. The Morgan fingerprint density at radius 2 is 1.72 bits per heavy atom. The van der Waals surface area contributed by atoms with Gasteiger partial charge in [-0.2, -0.15) is 10.1 Å². The van der Waals surface area contributed by atoms with Crippen molar-refractivity contribution in [2.45, 2.75) is 32.4 Å². The number of morpholine rings is 1. The van der Waals surface area contributed by atoms with Gasteiger partial charge in [-0.15, -0.1) is 0 Å². The maximum atomic E-state index is 13.5. The summed E-state index contributed by atoms with van der Waals surface area (Å²) in [5.74, 6) is 1.55. The lowest BCUT2D eigenvalue weighted by Gasteiger charge is -2.33. The maximum absolute atomic E-state index is 13.5. The molecule has 3 aromatic carbocycles. The number of nitrogens with zero attached hydrogens (tertiary/aromatic N) is 6. The van der Waals surface area contributed by atoms with Crippen LogP contribution in [0.25, 0.3) is 16.5 Å². The van der Waals surface area contributed by atoms with E-state index in [1.807, 2.05) is 56.3 Å². The van der Waals surface area contributed by atoms with Crippen LogP contribution in [0.5, 0.6) is 17.5 Å². The second-order valence-electron chi connectivity index (χ2n) is 13.6. The van der Waals surface area contributed by atoms with Gasteiger partial charge in [-0.05, 0) is 47.9 Å². The normalized spacial score (nSPS) is 13.6. The van der Waals surface area contributed by atoms with E-state index in [0.29, 0.717) is 59.7 Å². The molecule has 0 saturated carbocycles. The zero-order valence-corrected chi connectivity index (χ0v) is 32.1. The van der Waals surface area contributed by atoms with E-state index in [1.54, 1.807) is 67.7 Å². The molecule has 16 heteroatoms. The van der Waals surface area contributed by atoms with Crippen LogP contribution >= 0.6 is 0 Å². The lowest BCUT2D eigenvalue weighted by Crippen LogP contribution is -2.45. The summed E-state index contributed by atoms with van der Waals surface area (Å²) < 4.78 is 24.4. The summed E-state index contributed by atoms with van der Waals surface area (Å²) in [6.45, 7) is 6.83. The number of anilines is 4. The van der Waals surface area contributed by atoms with Crippen LogP contribution in [0.2, 0.25) is 0 Å². The molecule has 1 saturated heterocycles. The number of carbonyl (C=O) groups excluding carboxylic acids is 2. The van der Waals surface area contributed by atoms with Crippen LogP contribution in [0.1, 0.15) is 41.4 Å². The van der Waals surface area contributed by atoms with Crippen molar-refractivity contribution in [3.8, 4) is 23.2 Å². The molecule has 1 fully saturated rings. The van der Waals surface area contributed by atoms with Gasteiger partial charge in [0.25, 0.3) is 0 Å². The Morgan fingerprint density at radius 1 is 0.912 bits per heavy atom. The third-order valence-corrected chi connectivity index (χ3v) is 9.38. The van der Waals surface area contributed by atoms with Crippen LogP contribution in [0.15, 0.2) is 91.3 Å². The smallest absolute Gasteiger partial charge is 0.324 e. The first-order valence-electron chi connectivity index (χ1n) is 18.4. The molecule has 0 aliphatic carbocycles. The number of hydrogen-bond acceptors (Lipinski definition) is 12. The predicted octanol–water partition coefficient (Wildman–Crippen LogP) is 6.47. The number of carbonyl (C=O) groups is 2. The summed E-state index contributed by atoms with van der Waals surface area (Å²) in [5.41, 5.74) is 9.53. The molecule has 1 aliphatic rings. The fourth-order valence-electron chi connectivity index (χ4n) is 6.48. The Labute approximate surface area is 329 Å². The average molecular weight is 773 g/mol. The van der Waals surface area contributed by atoms with Crippen molar-refractivity contribution in [2.75, 3.05) is 56.5 Å². The Balaban J connectivity index is 1.08. The van der Waals surface area contributed by atoms with E-state index < -0.39 is 11.9 Å². The number of rotatable bonds is 14. The van der Waals surface area contributed by atoms with Gasteiger partial charge >= 0.3 is 6.03 Å². The number of ether oxygens (including phenoxy) is 4. The minimum absolute atomic E-state index is 0.125. The highest BCUT2D eigenvalue weighted by molar-refractivity contribution is 6.07. The molecular weight excluding hydrogens is 729 g/mol. The van der Waals surface area contributed by atoms with Gasteiger partial charge < -0.3 is 35.3 Å². The Hall–Kier alpha value is -6.62. The van der Waals surface area contributed by atoms with Gasteiger partial charge in [0.05, 0.1) is 43.6 Å². The van der Waals surface area contributed by atoms with Crippen LogP contribution in [0.4, 0.5) is 27.9 Å². The number of methoxy groups -OCH3 is 2. The SMILES string of the molecule is COc1ccc(-n2nc(C(C)C)cc2NC(=O)Nc2ccc(Oc3ccnc(Nc4cc(CC(OC)N5CCOCC5)cc(C(N)=O)c4)n3)c3ccccc23)cn1. The molecule has 0 bridgehead atoms. The van der Waals surface area contributed by atoms with Crippen molar-refractivity contribution in [1.29, 1.82) is 0 Å². The average Bonchev–Trinajstić information content (AvgIpc) is 3.65. The van der Waals surface area contributed by atoms with Crippen LogP contribution in [0, 0.1) is 0 Å². The largest absolute Gasteiger partial charge is 0.481 e. The van der Waals surface area contributed by atoms with Crippen LogP contribution in [0.3, 0.4) is 0 Å². The number of aromatic nitrogens is 5. The minimum atomic E-state index is -0.557. The summed E-state index contributed by atoms with van der Waals surface area (Å²) in [4.78, 5) is 41.3. The van der Waals surface area contributed by atoms with Gasteiger partial charge in [-0.25, -0.2) is 19.4 Å². The molecule has 3 amide bonds. The molecule has 0 radical (unpaired) electrons. The van der Waals surface area contributed by atoms with Gasteiger partial charge in [0, 0.05) is 73.0 Å². The number of fused-ring (bicyclic) bond motifs is 1. The van der Waals surface area contributed by atoms with E-state index in [9.17, 15) is 9.59 Å². The number of nitrogens with two attached hydrogens (primary N) is 1. The molecule has 7 rings (SSSR count). The Bertz CT molecular complexity index is 2360. The van der Waals surface area contributed by atoms with Crippen LogP contribution < -0.4 is 31.2 Å². The van der Waals surface area contributed by atoms with Crippen LogP contribution in [-0.2, 0) is 15.9 Å². The topological polar surface area (TPSA) is 193 Å². The molecule has 5 N–H and O–H groups in total. The van der Waals surface area contributed by atoms with Crippen molar-refractivity contribution in [3.05, 3.63) is 108 Å². The first-order valence-corrected chi connectivity index (χ1v) is 18.4. The van der Waals surface area contributed by atoms with E-state index >= 15 is 0 Å². The van der Waals surface area contributed by atoms with Crippen molar-refractivity contribution in [2.24, 2.45) is 5.73 Å². The summed E-state index contributed by atoms with van der Waals surface area (Å²) in [7, 11) is 3.22. The summed E-state index contributed by atoms with van der Waals surface area (Å²) in [5, 5.41) is 15.3. The standard InChI is InChI=1S/C41H44N10O6/c1-25(2)33-23-35(51(49-33)29-9-12-36(54-3)44-24-29)47-41(53)46-32-10-11-34(31-8-6-5-7-30(31)32)57-37-13-14-43-40(48-37)45-28-20-26(19-27(22-28)39(42)52)21-38(55-4)50-15-17-56-18-16-50/h5-14,19-20,22-25,38H,15-18,21H2,1-4H3,(H2,42,52)(H,43,45,48)(H2,46,47,53). The van der Waals surface area contributed by atoms with Crippen molar-refractivity contribution in [1.82, 2.24) is 29.6 Å². The number of primary amides is 1. The third-order valence-electron chi connectivity index (χ3n) is 9.38. The first-order chi connectivity index (χ1) is 27.7. The van der Waals surface area contributed by atoms with E-state index in [1.165, 1.54) is 0 Å². The molecule has 6 aromatic rings. The number of benzene rings is 3. The van der Waals surface area contributed by atoms with Gasteiger partial charge in [0.15, 0.2) is 0 Å². The van der Waals surface area contributed by atoms with Gasteiger partial charge in [0.1, 0.15) is 17.8 Å². The van der Waals surface area contributed by atoms with Crippen molar-refractivity contribution >= 4 is 45.9 Å². The molecule has 3 aromatic heterocycles. The van der Waals surface area contributed by atoms with Gasteiger partial charge in [-0.1, -0.05) is 38.1 Å².